The summed E-state index contributed by atoms with van der Waals surface area (Å²) in [6, 6.07) is 0. The van der Waals surface area contributed by atoms with Crippen molar-refractivity contribution in [2.45, 2.75) is 57.7 Å². The van der Waals surface area contributed by atoms with Crippen LogP contribution in [0, 0.1) is 11.8 Å². The van der Waals surface area contributed by atoms with Gasteiger partial charge in [0.15, 0.2) is 6.29 Å². The lowest BCUT2D eigenvalue weighted by molar-refractivity contribution is -0.199. The Morgan fingerprint density at radius 2 is 2.00 bits per heavy atom. The third-order valence-electron chi connectivity index (χ3n) is 4.12. The average molecular weight is 271 g/mol. The molecule has 2 aliphatic rings. The van der Waals surface area contributed by atoms with Gasteiger partial charge in [0.05, 0.1) is 5.92 Å². The van der Waals surface area contributed by atoms with Crippen molar-refractivity contribution in [3.05, 3.63) is 0 Å². The summed E-state index contributed by atoms with van der Waals surface area (Å²) in [7, 11) is 0. The molecule has 0 aromatic rings. The lowest BCUT2D eigenvalue weighted by Crippen LogP contribution is -2.35. The molecule has 0 amide bonds. The fraction of sp³-hybridized carbons (Fsp3) is 0.929. The Morgan fingerprint density at radius 1 is 1.26 bits per heavy atom. The first-order valence-electron chi connectivity index (χ1n) is 7.48. The molecule has 1 aliphatic heterocycles. The number of nitrogens with one attached hydrogen (secondary N) is 1. The topological polar surface area (TPSA) is 67.8 Å². The fourth-order valence-electron chi connectivity index (χ4n) is 2.97. The van der Waals surface area contributed by atoms with Gasteiger partial charge in [-0.2, -0.15) is 5.48 Å². The van der Waals surface area contributed by atoms with Crippen molar-refractivity contribution in [2.24, 2.45) is 11.8 Å². The molecule has 1 saturated heterocycles. The second-order valence-electron chi connectivity index (χ2n) is 5.68. The van der Waals surface area contributed by atoms with E-state index in [4.69, 9.17) is 9.57 Å². The Balaban J connectivity index is 1.65. The van der Waals surface area contributed by atoms with E-state index < -0.39 is 5.97 Å². The largest absolute Gasteiger partial charge is 0.481 e. The van der Waals surface area contributed by atoms with Crippen molar-refractivity contribution < 1.29 is 19.5 Å². The number of carbonyl (C=O) groups is 1. The Kier molecular flexibility index (Phi) is 6.07. The molecule has 1 unspecified atom stereocenters. The van der Waals surface area contributed by atoms with Crippen molar-refractivity contribution >= 4 is 5.97 Å². The molecule has 1 saturated carbocycles. The van der Waals surface area contributed by atoms with E-state index in [1.165, 1.54) is 25.7 Å². The van der Waals surface area contributed by atoms with E-state index in [9.17, 15) is 9.90 Å². The summed E-state index contributed by atoms with van der Waals surface area (Å²) in [5, 5.41) is 9.24. The maximum atomic E-state index is 11.2. The highest BCUT2D eigenvalue weighted by atomic mass is 16.8. The minimum absolute atomic E-state index is 0.213. The van der Waals surface area contributed by atoms with E-state index in [1.54, 1.807) is 0 Å². The van der Waals surface area contributed by atoms with Crippen molar-refractivity contribution in [1.29, 1.82) is 0 Å². The predicted molar refractivity (Wildman–Crippen MR) is 70.4 cm³/mol. The van der Waals surface area contributed by atoms with Gasteiger partial charge >= 0.3 is 5.97 Å². The van der Waals surface area contributed by atoms with Crippen LogP contribution >= 0.6 is 0 Å². The second kappa shape index (κ2) is 7.82. The van der Waals surface area contributed by atoms with Crippen LogP contribution in [-0.2, 0) is 14.4 Å². The summed E-state index contributed by atoms with van der Waals surface area (Å²) in [5.74, 6) is -0.506. The molecule has 19 heavy (non-hydrogen) atoms. The third kappa shape index (κ3) is 5.09. The standard InChI is InChI=1S/C14H25NO4/c16-14(17)12(9-11-5-1-2-6-11)10-15-19-13-7-3-4-8-18-13/h11-13,15H,1-10H2,(H,16,17)/t12-,13?/m1/s1. The lowest BCUT2D eigenvalue weighted by atomic mass is 9.93. The number of hydrogen-bond acceptors (Lipinski definition) is 4. The first-order valence-corrected chi connectivity index (χ1v) is 7.48. The average Bonchev–Trinajstić information content (AvgIpc) is 2.91. The maximum Gasteiger partial charge on any atom is 0.307 e. The van der Waals surface area contributed by atoms with E-state index in [2.05, 4.69) is 5.48 Å². The Labute approximate surface area is 114 Å². The van der Waals surface area contributed by atoms with Crippen LogP contribution in [0.2, 0.25) is 0 Å². The number of ether oxygens (including phenoxy) is 1. The summed E-state index contributed by atoms with van der Waals surface area (Å²) in [6.45, 7) is 1.10. The van der Waals surface area contributed by atoms with E-state index in [-0.39, 0.29) is 12.2 Å². The fourth-order valence-corrected chi connectivity index (χ4v) is 2.97. The van der Waals surface area contributed by atoms with Gasteiger partial charge in [0.25, 0.3) is 0 Å². The van der Waals surface area contributed by atoms with Gasteiger partial charge in [-0.3, -0.25) is 9.63 Å². The monoisotopic (exact) mass is 271 g/mol. The van der Waals surface area contributed by atoms with Crippen molar-refractivity contribution in [3.8, 4) is 0 Å². The SMILES string of the molecule is O=C(O)[C@@H](CNOC1CCCCO1)CC1CCCC1. The first kappa shape index (κ1) is 14.8. The number of hydrogen-bond donors (Lipinski definition) is 2. The molecule has 2 atom stereocenters. The number of hydroxylamine groups is 1. The predicted octanol–water partition coefficient (Wildman–Crippen LogP) is 2.32. The number of aliphatic carboxylic acids is 1. The molecule has 1 aliphatic carbocycles. The molecule has 0 bridgehead atoms. The highest BCUT2D eigenvalue weighted by Gasteiger charge is 2.25. The third-order valence-corrected chi connectivity index (χ3v) is 4.12. The van der Waals surface area contributed by atoms with E-state index in [0.717, 1.165) is 32.3 Å². The molecule has 110 valence electrons. The van der Waals surface area contributed by atoms with Crippen molar-refractivity contribution in [2.75, 3.05) is 13.2 Å². The summed E-state index contributed by atoms with van der Waals surface area (Å²) in [4.78, 5) is 16.6. The molecule has 0 radical (unpaired) electrons. The maximum absolute atomic E-state index is 11.2. The summed E-state index contributed by atoms with van der Waals surface area (Å²) >= 11 is 0. The molecule has 2 N–H and O–H groups in total. The van der Waals surface area contributed by atoms with Crippen molar-refractivity contribution in [1.82, 2.24) is 5.48 Å². The highest BCUT2D eigenvalue weighted by molar-refractivity contribution is 5.70. The van der Waals surface area contributed by atoms with Gasteiger partial charge in [-0.05, 0) is 25.2 Å². The van der Waals surface area contributed by atoms with E-state index in [1.807, 2.05) is 0 Å². The minimum atomic E-state index is -0.729. The summed E-state index contributed by atoms with van der Waals surface area (Å²) in [5.41, 5.74) is 2.80. The molecule has 5 heteroatoms. The van der Waals surface area contributed by atoms with Gasteiger partial charge in [0.1, 0.15) is 0 Å². The zero-order valence-electron chi connectivity index (χ0n) is 11.5. The van der Waals surface area contributed by atoms with Crippen LogP contribution in [0.1, 0.15) is 51.4 Å². The lowest BCUT2D eigenvalue weighted by Gasteiger charge is -2.24. The van der Waals surface area contributed by atoms with Gasteiger partial charge in [0, 0.05) is 19.6 Å². The normalized spacial score (nSPS) is 26.4. The molecular weight excluding hydrogens is 246 g/mol. The number of carboxylic acid groups (broad SMARTS) is 1. The minimum Gasteiger partial charge on any atom is -0.481 e. The summed E-state index contributed by atoms with van der Waals surface area (Å²) in [6.07, 6.45) is 8.47. The van der Waals surface area contributed by atoms with Crippen LogP contribution in [-0.4, -0.2) is 30.5 Å². The zero-order valence-corrected chi connectivity index (χ0v) is 11.5. The summed E-state index contributed by atoms with van der Waals surface area (Å²) < 4.78 is 5.42. The molecule has 2 rings (SSSR count). The van der Waals surface area contributed by atoms with Gasteiger partial charge in [-0.25, -0.2) is 0 Å². The molecule has 0 aromatic carbocycles. The van der Waals surface area contributed by atoms with Gasteiger partial charge in [-0.1, -0.05) is 25.7 Å². The van der Waals surface area contributed by atoms with Crippen LogP contribution in [0.25, 0.3) is 0 Å². The first-order chi connectivity index (χ1) is 9.25. The van der Waals surface area contributed by atoms with Crippen LogP contribution in [0.15, 0.2) is 0 Å². The molecule has 5 nitrogen and oxygen atoms in total. The van der Waals surface area contributed by atoms with Gasteiger partial charge in [0.2, 0.25) is 0 Å². The molecule has 2 fully saturated rings. The Bertz CT molecular complexity index is 273. The zero-order chi connectivity index (χ0) is 13.5. The van der Waals surface area contributed by atoms with Crippen LogP contribution in [0.4, 0.5) is 0 Å². The van der Waals surface area contributed by atoms with Crippen LogP contribution < -0.4 is 5.48 Å². The van der Waals surface area contributed by atoms with E-state index >= 15 is 0 Å². The second-order valence-corrected chi connectivity index (χ2v) is 5.68. The smallest absolute Gasteiger partial charge is 0.307 e. The Morgan fingerprint density at radius 3 is 2.63 bits per heavy atom. The Hall–Kier alpha value is -0.650. The number of rotatable bonds is 7. The van der Waals surface area contributed by atoms with Gasteiger partial charge in [-0.15, -0.1) is 0 Å². The number of carboxylic acids is 1. The van der Waals surface area contributed by atoms with E-state index in [0.29, 0.717) is 12.5 Å². The highest BCUT2D eigenvalue weighted by Crippen LogP contribution is 2.30. The van der Waals surface area contributed by atoms with Crippen LogP contribution in [0.5, 0.6) is 0 Å². The van der Waals surface area contributed by atoms with Gasteiger partial charge < -0.3 is 9.84 Å². The molecule has 0 spiro atoms. The molecule has 1 heterocycles. The van der Waals surface area contributed by atoms with Crippen LogP contribution in [0.3, 0.4) is 0 Å². The molecule has 0 aromatic heterocycles. The molecular formula is C14H25NO4. The van der Waals surface area contributed by atoms with Crippen molar-refractivity contribution in [3.63, 3.8) is 0 Å². The quantitative estimate of drug-likeness (QED) is 0.695.